The summed E-state index contributed by atoms with van der Waals surface area (Å²) in [5, 5.41) is 22.7. The van der Waals surface area contributed by atoms with Gasteiger partial charge in [0.15, 0.2) is 0 Å². The monoisotopic (exact) mass is 1260 g/mol. The maximum absolute atomic E-state index is 13.0. The third-order valence-electron chi connectivity index (χ3n) is 17.3. The second kappa shape index (κ2) is 42.0. The SMILES string of the molecule is C.C.C.C.C.C.C=CC(=O)OCCCCCC(=O)OCCCCCC(=O)OC1CCC(CC[Si](OC)(OC)O[Si](CCC2CCC(OC(=O)/C=C/c3ccc(C4CCCCC4)cc3)C(O)C2)(OC)O[Si](C)(CCC2CCC3OC3C2)OC)CC1O. The summed E-state index contributed by atoms with van der Waals surface area (Å²) in [6, 6.07) is 10.1. The highest BCUT2D eigenvalue weighted by molar-refractivity contribution is 6.82. The molecule has 85 heavy (non-hydrogen) atoms. The zero-order valence-electron chi connectivity index (χ0n) is 48.3. The first-order valence-corrected chi connectivity index (χ1v) is 36.2. The average Bonchev–Trinajstić information content (AvgIpc) is 4.34. The number of ether oxygens (including phenoxy) is 5. The molecule has 5 aliphatic rings. The van der Waals surface area contributed by atoms with Gasteiger partial charge in [-0.1, -0.05) is 94.7 Å². The molecule has 1 saturated heterocycles. The Hall–Kier alpha value is -3.13. The van der Waals surface area contributed by atoms with Crippen molar-refractivity contribution >= 4 is 56.1 Å². The molecule has 17 nitrogen and oxygen atoms in total. The van der Waals surface area contributed by atoms with Gasteiger partial charge in [-0.15, -0.1) is 0 Å². The number of esters is 4. The van der Waals surface area contributed by atoms with Crippen molar-refractivity contribution in [3.63, 3.8) is 0 Å². The molecule has 1 aromatic carbocycles. The van der Waals surface area contributed by atoms with Crippen molar-refractivity contribution in [2.24, 2.45) is 17.8 Å². The van der Waals surface area contributed by atoms with Crippen LogP contribution in [0.3, 0.4) is 0 Å². The van der Waals surface area contributed by atoms with E-state index in [2.05, 4.69) is 37.4 Å². The van der Waals surface area contributed by atoms with E-state index in [9.17, 15) is 29.4 Å². The van der Waals surface area contributed by atoms with E-state index >= 15 is 0 Å². The van der Waals surface area contributed by atoms with Gasteiger partial charge < -0.3 is 59.8 Å². The van der Waals surface area contributed by atoms with Crippen molar-refractivity contribution in [2.75, 3.05) is 41.7 Å². The van der Waals surface area contributed by atoms with Crippen LogP contribution < -0.4 is 0 Å². The van der Waals surface area contributed by atoms with Gasteiger partial charge in [-0.25, -0.2) is 9.59 Å². The van der Waals surface area contributed by atoms with Crippen LogP contribution >= 0.6 is 0 Å². The van der Waals surface area contributed by atoms with Crippen LogP contribution in [0.5, 0.6) is 0 Å². The maximum atomic E-state index is 13.0. The summed E-state index contributed by atoms with van der Waals surface area (Å²) in [4.78, 5) is 49.1. The molecule has 1 heterocycles. The fourth-order valence-electron chi connectivity index (χ4n) is 12.2. The maximum Gasteiger partial charge on any atom is 0.493 e. The highest BCUT2D eigenvalue weighted by Gasteiger charge is 2.56. The minimum absolute atomic E-state index is 0. The van der Waals surface area contributed by atoms with Crippen molar-refractivity contribution in [1.29, 1.82) is 0 Å². The third kappa shape index (κ3) is 27.7. The topological polar surface area (TPSA) is 214 Å². The number of hydrogen-bond donors (Lipinski definition) is 2. The zero-order valence-corrected chi connectivity index (χ0v) is 51.3. The zero-order chi connectivity index (χ0) is 56.7. The third-order valence-corrected chi connectivity index (χ3v) is 28.5. The smallest absolute Gasteiger partial charge is 0.466 e. The first-order valence-electron chi connectivity index (χ1n) is 29.9. The van der Waals surface area contributed by atoms with Gasteiger partial charge in [0.2, 0.25) is 0 Å². The number of epoxide rings is 1. The molecule has 20 heteroatoms. The summed E-state index contributed by atoms with van der Waals surface area (Å²) in [6.45, 7) is 6.02. The van der Waals surface area contributed by atoms with Crippen molar-refractivity contribution in [3.8, 4) is 0 Å². The largest absolute Gasteiger partial charge is 0.493 e. The minimum atomic E-state index is -3.66. The number of fused-ring (bicyclic) bond motifs is 1. The van der Waals surface area contributed by atoms with Gasteiger partial charge in [0.1, 0.15) is 12.2 Å². The molecule has 0 aromatic heterocycles. The number of aliphatic hydroxyl groups excluding tert-OH is 2. The van der Waals surface area contributed by atoms with Crippen LogP contribution in [0.4, 0.5) is 0 Å². The molecule has 5 fully saturated rings. The number of carbonyl (C=O) groups is 4. The first-order chi connectivity index (χ1) is 38.1. The van der Waals surface area contributed by atoms with Gasteiger partial charge in [-0.2, -0.15) is 0 Å². The van der Waals surface area contributed by atoms with E-state index in [1.54, 1.807) is 34.5 Å². The van der Waals surface area contributed by atoms with Crippen molar-refractivity contribution < 1.29 is 79.0 Å². The lowest BCUT2D eigenvalue weighted by Gasteiger charge is -2.42. The molecule has 0 bridgehead atoms. The van der Waals surface area contributed by atoms with Gasteiger partial charge in [-0.05, 0) is 182 Å². The predicted molar refractivity (Wildman–Crippen MR) is 345 cm³/mol. The Morgan fingerprint density at radius 1 is 0.565 bits per heavy atom. The highest BCUT2D eigenvalue weighted by Crippen LogP contribution is 2.43. The van der Waals surface area contributed by atoms with E-state index in [1.807, 2.05) is 0 Å². The van der Waals surface area contributed by atoms with Gasteiger partial charge in [-0.3, -0.25) is 9.59 Å². The van der Waals surface area contributed by atoms with Crippen LogP contribution in [0.25, 0.3) is 6.08 Å². The molecular weight excluding hydrogens is 1140 g/mol. The molecule has 4 aliphatic carbocycles. The number of rotatable bonds is 35. The summed E-state index contributed by atoms with van der Waals surface area (Å²) in [5.41, 5.74) is 2.30. The number of carbonyl (C=O) groups excluding carboxylic acids is 4. The van der Waals surface area contributed by atoms with E-state index in [4.69, 9.17) is 49.6 Å². The second-order valence-corrected chi connectivity index (χ2v) is 32.8. The highest BCUT2D eigenvalue weighted by atomic mass is 28.5. The lowest BCUT2D eigenvalue weighted by Crippen LogP contribution is -2.62. The average molecular weight is 1260 g/mol. The Kier molecular flexibility index (Phi) is 40.4. The Labute approximate surface area is 518 Å². The molecule has 0 amide bonds. The van der Waals surface area contributed by atoms with Crippen molar-refractivity contribution in [1.82, 2.24) is 0 Å². The molecule has 11 atom stereocenters. The summed E-state index contributed by atoms with van der Waals surface area (Å²) >= 11 is 0. The Bertz CT molecular complexity index is 2060. The molecule has 11 unspecified atom stereocenters. The van der Waals surface area contributed by atoms with E-state index < -0.39 is 62.5 Å². The molecule has 494 valence electrons. The molecule has 1 aliphatic heterocycles. The van der Waals surface area contributed by atoms with Gasteiger partial charge in [0.25, 0.3) is 0 Å². The lowest BCUT2D eigenvalue weighted by molar-refractivity contribution is -0.159. The fourth-order valence-corrected chi connectivity index (χ4v) is 24.0. The summed E-state index contributed by atoms with van der Waals surface area (Å²) in [7, 11) is -3.53. The van der Waals surface area contributed by atoms with Crippen molar-refractivity contribution in [3.05, 3.63) is 54.1 Å². The molecule has 2 N–H and O–H groups in total. The number of hydrogen-bond acceptors (Lipinski definition) is 17. The molecule has 4 saturated carbocycles. The Balaban J connectivity index is 0.0000118. The van der Waals surface area contributed by atoms with E-state index in [0.29, 0.717) is 120 Å². The van der Waals surface area contributed by atoms with Crippen molar-refractivity contribution in [2.45, 2.75) is 272 Å². The molecule has 0 radical (unpaired) electrons. The second-order valence-electron chi connectivity index (χ2n) is 23.1. The lowest BCUT2D eigenvalue weighted by atomic mass is 9.84. The van der Waals surface area contributed by atoms with Gasteiger partial charge in [0, 0.05) is 65.5 Å². The predicted octanol–water partition coefficient (Wildman–Crippen LogP) is 14.4. The van der Waals surface area contributed by atoms with E-state index in [1.165, 1.54) is 43.7 Å². The quantitative estimate of drug-likeness (QED) is 0.0161. The van der Waals surface area contributed by atoms with Crippen LogP contribution in [-0.4, -0.2) is 139 Å². The molecule has 0 spiro atoms. The summed E-state index contributed by atoms with van der Waals surface area (Å²) in [5.74, 6) is -0.218. The normalized spacial score (nSPS) is 25.1. The van der Waals surface area contributed by atoms with Crippen LogP contribution in [-0.2, 0) is 68.8 Å². The van der Waals surface area contributed by atoms with Crippen LogP contribution in [0.2, 0.25) is 24.7 Å². The standard InChI is InChI=1S/C59H96O17Si3.6CH4/c1-7-56(62)70-36-15-9-13-19-57(63)71-37-16-10-14-20-58(64)73-52-29-23-45(41-50(52)60)34-39-78(67-3,68-4)76-79(69-5,75-77(6,66-2)38-33-47-25-31-54-55(43-47)72-54)40-35-46-24-30-53(51(61)42-46)74-59(65)32-26-44-21-27-49(28-22-44)48-17-11-8-12-18-48;;;;;;/h7,21-22,26-28,32,45-48,50-55,60-61H,1,8-20,23-25,29-31,33-43H2,2-6H3;6*1H4/b32-26+;;;;;;. The Morgan fingerprint density at radius 3 is 1.65 bits per heavy atom. The van der Waals surface area contributed by atoms with E-state index in [0.717, 1.165) is 62.6 Å². The summed E-state index contributed by atoms with van der Waals surface area (Å²) < 4.78 is 67.5. The van der Waals surface area contributed by atoms with Crippen LogP contribution in [0.15, 0.2) is 43.0 Å². The number of aliphatic hydroxyl groups is 2. The minimum Gasteiger partial charge on any atom is -0.466 e. The van der Waals surface area contributed by atoms with Gasteiger partial charge >= 0.3 is 50.0 Å². The van der Waals surface area contributed by atoms with Crippen LogP contribution in [0.1, 0.15) is 222 Å². The first kappa shape index (κ1) is 81.9. The fraction of sp³-hybridized carbons (Fsp3) is 0.785. The number of benzene rings is 1. The van der Waals surface area contributed by atoms with E-state index in [-0.39, 0.29) is 81.4 Å². The molecular formula is C65H120O17Si3. The molecule has 1 aromatic rings. The molecule has 6 rings (SSSR count). The van der Waals surface area contributed by atoms with Crippen LogP contribution in [0, 0.1) is 17.8 Å². The number of unbranched alkanes of at least 4 members (excludes halogenated alkanes) is 4. The Morgan fingerprint density at radius 2 is 1.09 bits per heavy atom. The summed E-state index contributed by atoms with van der Waals surface area (Å²) in [6.07, 6.45) is 22.0. The van der Waals surface area contributed by atoms with Gasteiger partial charge in [0.05, 0.1) is 37.6 Å².